The number of ether oxygens (including phenoxy) is 1. The molecular formula is C13H23N5O2. The zero-order valence-electron chi connectivity index (χ0n) is 12.7. The highest BCUT2D eigenvalue weighted by atomic mass is 16.5. The Hall–Kier alpha value is -1.89. The van der Waals surface area contributed by atoms with Crippen LogP contribution in [-0.2, 0) is 14.9 Å². The zero-order chi connectivity index (χ0) is 15.3. The fourth-order valence-electron chi connectivity index (χ4n) is 1.48. The number of carbonyl (C=O) groups excluding carboxylic acids is 1. The summed E-state index contributed by atoms with van der Waals surface area (Å²) >= 11 is 0. The lowest BCUT2D eigenvalue weighted by Gasteiger charge is -2.20. The summed E-state index contributed by atoms with van der Waals surface area (Å²) in [5.74, 6) is 6.73. The number of esters is 1. The van der Waals surface area contributed by atoms with Gasteiger partial charge in [0.05, 0.1) is 6.61 Å². The predicted molar refractivity (Wildman–Crippen MR) is 78.3 cm³/mol. The third-order valence-electron chi connectivity index (χ3n) is 2.55. The maximum atomic E-state index is 11.6. The number of nitrogens with two attached hydrogens (primary N) is 1. The standard InChI is InChI=1S/C13H23N5O2/c1-6-20-11(19)8(2)15-9-7-10(18-14)17-12(16-9)13(3,4)5/h7-8H,6,14H2,1-5H3,(H2,15,16,17,18). The van der Waals surface area contributed by atoms with Crippen molar-refractivity contribution in [2.45, 2.75) is 46.1 Å². The number of anilines is 2. The molecule has 0 bridgehead atoms. The summed E-state index contributed by atoms with van der Waals surface area (Å²) in [6.07, 6.45) is 0. The zero-order valence-corrected chi connectivity index (χ0v) is 12.7. The normalized spacial score (nSPS) is 12.7. The second-order valence-electron chi connectivity index (χ2n) is 5.47. The van der Waals surface area contributed by atoms with Crippen LogP contribution in [0.2, 0.25) is 0 Å². The molecule has 0 aromatic carbocycles. The maximum Gasteiger partial charge on any atom is 0.328 e. The van der Waals surface area contributed by atoms with Gasteiger partial charge in [0.2, 0.25) is 0 Å². The maximum absolute atomic E-state index is 11.6. The summed E-state index contributed by atoms with van der Waals surface area (Å²) in [4.78, 5) is 20.3. The quantitative estimate of drug-likeness (QED) is 0.426. The Morgan fingerprint density at radius 3 is 2.50 bits per heavy atom. The van der Waals surface area contributed by atoms with E-state index in [0.717, 1.165) is 0 Å². The smallest absolute Gasteiger partial charge is 0.328 e. The molecular weight excluding hydrogens is 258 g/mol. The Balaban J connectivity index is 2.97. The largest absolute Gasteiger partial charge is 0.464 e. The molecule has 0 spiro atoms. The summed E-state index contributed by atoms with van der Waals surface area (Å²) in [7, 11) is 0. The van der Waals surface area contributed by atoms with Crippen molar-refractivity contribution in [3.8, 4) is 0 Å². The molecule has 1 aromatic heterocycles. The Morgan fingerprint density at radius 2 is 2.00 bits per heavy atom. The molecule has 20 heavy (non-hydrogen) atoms. The molecule has 0 amide bonds. The third kappa shape index (κ3) is 4.34. The number of nitrogens with one attached hydrogen (secondary N) is 2. The third-order valence-corrected chi connectivity index (χ3v) is 2.55. The van der Waals surface area contributed by atoms with E-state index in [1.165, 1.54) is 0 Å². The van der Waals surface area contributed by atoms with Gasteiger partial charge in [-0.25, -0.2) is 20.6 Å². The van der Waals surface area contributed by atoms with E-state index in [1.54, 1.807) is 19.9 Å². The van der Waals surface area contributed by atoms with Crippen molar-refractivity contribution in [2.75, 3.05) is 17.3 Å². The summed E-state index contributed by atoms with van der Waals surface area (Å²) in [5, 5.41) is 2.99. The van der Waals surface area contributed by atoms with Crippen LogP contribution in [0.4, 0.5) is 11.6 Å². The van der Waals surface area contributed by atoms with E-state index in [0.29, 0.717) is 24.1 Å². The fraction of sp³-hybridized carbons (Fsp3) is 0.615. The van der Waals surface area contributed by atoms with Crippen molar-refractivity contribution in [2.24, 2.45) is 5.84 Å². The lowest BCUT2D eigenvalue weighted by molar-refractivity contribution is -0.143. The van der Waals surface area contributed by atoms with Crippen LogP contribution in [0.3, 0.4) is 0 Å². The molecule has 0 fully saturated rings. The van der Waals surface area contributed by atoms with Crippen molar-refractivity contribution in [1.82, 2.24) is 9.97 Å². The number of aromatic nitrogens is 2. The lowest BCUT2D eigenvalue weighted by atomic mass is 9.96. The average molecular weight is 281 g/mol. The van der Waals surface area contributed by atoms with E-state index in [4.69, 9.17) is 10.6 Å². The highest BCUT2D eigenvalue weighted by molar-refractivity contribution is 5.78. The molecule has 1 atom stereocenters. The number of hydrogen-bond acceptors (Lipinski definition) is 7. The minimum Gasteiger partial charge on any atom is -0.464 e. The molecule has 0 saturated carbocycles. The molecule has 0 saturated heterocycles. The summed E-state index contributed by atoms with van der Waals surface area (Å²) in [6.45, 7) is 9.83. The minimum absolute atomic E-state index is 0.226. The highest BCUT2D eigenvalue weighted by Gasteiger charge is 2.20. The second-order valence-corrected chi connectivity index (χ2v) is 5.47. The van der Waals surface area contributed by atoms with Crippen LogP contribution in [0.15, 0.2) is 6.07 Å². The first-order chi connectivity index (χ1) is 9.27. The molecule has 4 N–H and O–H groups in total. The molecule has 1 heterocycles. The van der Waals surface area contributed by atoms with Crippen LogP contribution in [-0.4, -0.2) is 28.6 Å². The first-order valence-corrected chi connectivity index (χ1v) is 6.57. The summed E-state index contributed by atoms with van der Waals surface area (Å²) < 4.78 is 4.94. The van der Waals surface area contributed by atoms with Gasteiger partial charge in [0.25, 0.3) is 0 Å². The second kappa shape index (κ2) is 6.51. The molecule has 0 aliphatic heterocycles. The van der Waals surface area contributed by atoms with Crippen molar-refractivity contribution >= 4 is 17.6 Å². The van der Waals surface area contributed by atoms with Gasteiger partial charge in [0.15, 0.2) is 0 Å². The minimum atomic E-state index is -0.497. The first-order valence-electron chi connectivity index (χ1n) is 6.57. The van der Waals surface area contributed by atoms with Gasteiger partial charge in [0.1, 0.15) is 23.5 Å². The van der Waals surface area contributed by atoms with E-state index < -0.39 is 6.04 Å². The van der Waals surface area contributed by atoms with Gasteiger partial charge >= 0.3 is 5.97 Å². The van der Waals surface area contributed by atoms with Crippen molar-refractivity contribution < 1.29 is 9.53 Å². The van der Waals surface area contributed by atoms with Gasteiger partial charge < -0.3 is 15.5 Å². The van der Waals surface area contributed by atoms with Crippen LogP contribution < -0.4 is 16.6 Å². The van der Waals surface area contributed by atoms with Crippen LogP contribution >= 0.6 is 0 Å². The van der Waals surface area contributed by atoms with Gasteiger partial charge in [-0.1, -0.05) is 20.8 Å². The Morgan fingerprint density at radius 1 is 1.40 bits per heavy atom. The monoisotopic (exact) mass is 281 g/mol. The van der Waals surface area contributed by atoms with E-state index in [1.807, 2.05) is 20.8 Å². The summed E-state index contributed by atoms with van der Waals surface area (Å²) in [5.41, 5.74) is 2.27. The highest BCUT2D eigenvalue weighted by Crippen LogP contribution is 2.22. The molecule has 112 valence electrons. The van der Waals surface area contributed by atoms with Crippen LogP contribution in [0.5, 0.6) is 0 Å². The number of carbonyl (C=O) groups is 1. The van der Waals surface area contributed by atoms with E-state index in [-0.39, 0.29) is 11.4 Å². The van der Waals surface area contributed by atoms with Gasteiger partial charge in [-0.2, -0.15) is 0 Å². The molecule has 0 aliphatic rings. The van der Waals surface area contributed by atoms with Gasteiger partial charge in [-0.15, -0.1) is 0 Å². The molecule has 1 unspecified atom stereocenters. The number of rotatable bonds is 5. The van der Waals surface area contributed by atoms with Crippen molar-refractivity contribution in [1.29, 1.82) is 0 Å². The lowest BCUT2D eigenvalue weighted by Crippen LogP contribution is -2.29. The molecule has 0 aliphatic carbocycles. The topological polar surface area (TPSA) is 102 Å². The Kier molecular flexibility index (Phi) is 5.26. The Labute approximate surface area is 119 Å². The predicted octanol–water partition coefficient (Wildman–Crippen LogP) is 1.42. The first kappa shape index (κ1) is 16.2. The number of hydrazine groups is 1. The van der Waals surface area contributed by atoms with Crippen molar-refractivity contribution in [3.05, 3.63) is 11.9 Å². The molecule has 0 radical (unpaired) electrons. The average Bonchev–Trinajstić information content (AvgIpc) is 2.37. The molecule has 1 rings (SSSR count). The Bertz CT molecular complexity index is 470. The van der Waals surface area contributed by atoms with E-state index in [9.17, 15) is 4.79 Å². The van der Waals surface area contributed by atoms with Crippen molar-refractivity contribution in [3.63, 3.8) is 0 Å². The summed E-state index contributed by atoms with van der Waals surface area (Å²) in [6, 6.07) is 1.15. The van der Waals surface area contributed by atoms with E-state index in [2.05, 4.69) is 20.7 Å². The molecule has 7 heteroatoms. The van der Waals surface area contributed by atoms with Gasteiger partial charge in [-0.3, -0.25) is 0 Å². The van der Waals surface area contributed by atoms with Gasteiger partial charge in [0, 0.05) is 11.5 Å². The number of nitrogens with zero attached hydrogens (tertiary/aromatic N) is 2. The SMILES string of the molecule is CCOC(=O)C(C)Nc1cc(NN)nc(C(C)(C)C)n1. The van der Waals surface area contributed by atoms with Crippen LogP contribution in [0, 0.1) is 0 Å². The molecule has 7 nitrogen and oxygen atoms in total. The van der Waals surface area contributed by atoms with Gasteiger partial charge in [-0.05, 0) is 13.8 Å². The molecule has 1 aromatic rings. The number of hydrogen-bond donors (Lipinski definition) is 3. The van der Waals surface area contributed by atoms with Crippen LogP contribution in [0.25, 0.3) is 0 Å². The van der Waals surface area contributed by atoms with E-state index >= 15 is 0 Å². The van der Waals surface area contributed by atoms with Crippen LogP contribution in [0.1, 0.15) is 40.4 Å². The fourth-order valence-corrected chi connectivity index (χ4v) is 1.48. The number of nitrogen functional groups attached to an aromatic ring is 1.